The third kappa shape index (κ3) is 2.79. The Balaban J connectivity index is 1.96. The number of rotatable bonds is 5. The average molecular weight is 235 g/mol. The van der Waals surface area contributed by atoms with Gasteiger partial charge in [0.05, 0.1) is 12.2 Å². The van der Waals surface area contributed by atoms with Gasteiger partial charge in [-0.05, 0) is 19.4 Å². The largest absolute Gasteiger partial charge is 0.494 e. The Bertz CT molecular complexity index is 372. The molecule has 94 valence electrons. The van der Waals surface area contributed by atoms with Gasteiger partial charge in [0.15, 0.2) is 0 Å². The number of benzene rings is 1. The van der Waals surface area contributed by atoms with Gasteiger partial charge in [0, 0.05) is 25.2 Å². The number of likely N-dealkylation sites (tertiary alicyclic amines) is 1. The van der Waals surface area contributed by atoms with Gasteiger partial charge >= 0.3 is 0 Å². The smallest absolute Gasteiger partial charge is 0.123 e. The van der Waals surface area contributed by atoms with Gasteiger partial charge < -0.3 is 9.84 Å². The Kier molecular flexibility index (Phi) is 3.69. The zero-order valence-corrected chi connectivity index (χ0v) is 10.6. The fraction of sp³-hybridized carbons (Fsp3) is 0.571. The van der Waals surface area contributed by atoms with Crippen LogP contribution in [0.5, 0.6) is 5.75 Å². The average Bonchev–Trinajstić information content (AvgIpc) is 2.29. The van der Waals surface area contributed by atoms with E-state index in [4.69, 9.17) is 4.74 Å². The maximum atomic E-state index is 9.97. The quantitative estimate of drug-likeness (QED) is 0.847. The molecule has 1 fully saturated rings. The Morgan fingerprint density at radius 2 is 2.00 bits per heavy atom. The summed E-state index contributed by atoms with van der Waals surface area (Å²) in [5.41, 5.74) is 0.744. The Labute approximate surface area is 103 Å². The Morgan fingerprint density at radius 1 is 1.29 bits per heavy atom. The van der Waals surface area contributed by atoms with Crippen LogP contribution >= 0.6 is 0 Å². The fourth-order valence-corrected chi connectivity index (χ4v) is 2.29. The molecule has 1 aromatic carbocycles. The first kappa shape index (κ1) is 12.4. The first-order chi connectivity index (χ1) is 8.17. The van der Waals surface area contributed by atoms with Crippen molar-refractivity contribution in [1.29, 1.82) is 0 Å². The van der Waals surface area contributed by atoms with Crippen LogP contribution in [0.15, 0.2) is 24.3 Å². The molecule has 0 spiro atoms. The van der Waals surface area contributed by atoms with Gasteiger partial charge in [-0.25, -0.2) is 0 Å². The molecular formula is C14H21NO2. The molecule has 0 unspecified atom stereocenters. The van der Waals surface area contributed by atoms with Crippen LogP contribution in [-0.4, -0.2) is 35.3 Å². The van der Waals surface area contributed by atoms with Gasteiger partial charge in [-0.1, -0.05) is 25.1 Å². The number of β-amino-alcohol motifs (C(OH)–C–C–N with tert-alkyl or cyclic N) is 1. The molecule has 0 bridgehead atoms. The van der Waals surface area contributed by atoms with Crippen LogP contribution in [0.3, 0.4) is 0 Å². The molecule has 1 aromatic rings. The zero-order chi connectivity index (χ0) is 12.3. The third-order valence-electron chi connectivity index (χ3n) is 3.36. The summed E-state index contributed by atoms with van der Waals surface area (Å²) < 4.78 is 5.60. The second-order valence-corrected chi connectivity index (χ2v) is 4.76. The predicted molar refractivity (Wildman–Crippen MR) is 68.1 cm³/mol. The van der Waals surface area contributed by atoms with E-state index in [2.05, 4.69) is 11.0 Å². The maximum Gasteiger partial charge on any atom is 0.123 e. The van der Waals surface area contributed by atoms with Gasteiger partial charge in [0.2, 0.25) is 0 Å². The summed E-state index contributed by atoms with van der Waals surface area (Å²) in [4.78, 5) is 2.25. The van der Waals surface area contributed by atoms with E-state index in [0.717, 1.165) is 31.8 Å². The highest BCUT2D eigenvalue weighted by Crippen LogP contribution is 2.28. The maximum absolute atomic E-state index is 9.97. The van der Waals surface area contributed by atoms with Crippen LogP contribution < -0.4 is 4.74 Å². The topological polar surface area (TPSA) is 32.7 Å². The minimum Gasteiger partial charge on any atom is -0.494 e. The normalized spacial score (nSPS) is 18.8. The lowest BCUT2D eigenvalue weighted by Crippen LogP contribution is -2.60. The lowest BCUT2D eigenvalue weighted by molar-refractivity contribution is -0.103. The summed E-state index contributed by atoms with van der Waals surface area (Å²) in [7, 11) is 0. The van der Waals surface area contributed by atoms with E-state index in [0.29, 0.717) is 6.61 Å². The predicted octanol–water partition coefficient (Wildman–Crippen LogP) is 2.04. The molecule has 0 atom stereocenters. The number of ether oxygens (including phenoxy) is 1. The first-order valence-electron chi connectivity index (χ1n) is 6.32. The molecule has 2 rings (SSSR count). The molecule has 0 radical (unpaired) electrons. The van der Waals surface area contributed by atoms with Gasteiger partial charge in [-0.2, -0.15) is 0 Å². The summed E-state index contributed by atoms with van der Waals surface area (Å²) in [6.07, 6.45) is 0.830. The number of hydrogen-bond donors (Lipinski definition) is 1. The van der Waals surface area contributed by atoms with Crippen LogP contribution in [-0.2, 0) is 6.54 Å². The van der Waals surface area contributed by atoms with Crippen LogP contribution in [0.4, 0.5) is 0 Å². The Hall–Kier alpha value is -1.06. The van der Waals surface area contributed by atoms with E-state index in [1.807, 2.05) is 32.0 Å². The van der Waals surface area contributed by atoms with Crippen LogP contribution in [0.2, 0.25) is 0 Å². The summed E-state index contributed by atoms with van der Waals surface area (Å²) in [5.74, 6) is 0.960. The van der Waals surface area contributed by atoms with Crippen molar-refractivity contribution in [3.05, 3.63) is 29.8 Å². The molecule has 1 aliphatic rings. The van der Waals surface area contributed by atoms with Crippen molar-refractivity contribution < 1.29 is 9.84 Å². The third-order valence-corrected chi connectivity index (χ3v) is 3.36. The van der Waals surface area contributed by atoms with Crippen LogP contribution in [0.25, 0.3) is 0 Å². The monoisotopic (exact) mass is 235 g/mol. The molecular weight excluding hydrogens is 214 g/mol. The number of nitrogens with zero attached hydrogens (tertiary/aromatic N) is 1. The molecule has 0 amide bonds. The molecule has 1 heterocycles. The van der Waals surface area contributed by atoms with E-state index in [9.17, 15) is 5.11 Å². The molecule has 0 aromatic heterocycles. The molecule has 3 heteroatoms. The van der Waals surface area contributed by atoms with Crippen molar-refractivity contribution >= 4 is 0 Å². The lowest BCUT2D eigenvalue weighted by atomic mass is 9.91. The number of aliphatic hydroxyl groups is 1. The minimum absolute atomic E-state index is 0.458. The van der Waals surface area contributed by atoms with E-state index < -0.39 is 5.60 Å². The van der Waals surface area contributed by atoms with E-state index in [1.165, 1.54) is 5.56 Å². The van der Waals surface area contributed by atoms with Crippen molar-refractivity contribution in [2.24, 2.45) is 0 Å². The van der Waals surface area contributed by atoms with Gasteiger partial charge in [0.1, 0.15) is 5.75 Å². The fourth-order valence-electron chi connectivity index (χ4n) is 2.29. The zero-order valence-electron chi connectivity index (χ0n) is 10.6. The van der Waals surface area contributed by atoms with E-state index in [1.54, 1.807) is 0 Å². The molecule has 0 aliphatic carbocycles. The van der Waals surface area contributed by atoms with Crippen molar-refractivity contribution in [1.82, 2.24) is 4.90 Å². The molecule has 1 aliphatic heterocycles. The summed E-state index contributed by atoms with van der Waals surface area (Å²) in [5, 5.41) is 9.97. The van der Waals surface area contributed by atoms with Crippen LogP contribution in [0, 0.1) is 0 Å². The highest BCUT2D eigenvalue weighted by atomic mass is 16.5. The number of para-hydroxylation sites is 1. The van der Waals surface area contributed by atoms with Crippen LogP contribution in [0.1, 0.15) is 25.8 Å². The standard InChI is InChI=1S/C14H21NO2/c1-3-14(16)10-15(11-14)9-12-7-5-6-8-13(12)17-4-2/h5-8,16H,3-4,9-11H2,1-2H3. The van der Waals surface area contributed by atoms with Crippen molar-refractivity contribution in [3.63, 3.8) is 0 Å². The lowest BCUT2D eigenvalue weighted by Gasteiger charge is -2.46. The molecule has 17 heavy (non-hydrogen) atoms. The molecule has 1 saturated heterocycles. The van der Waals surface area contributed by atoms with E-state index in [-0.39, 0.29) is 0 Å². The van der Waals surface area contributed by atoms with Crippen molar-refractivity contribution in [2.45, 2.75) is 32.4 Å². The van der Waals surface area contributed by atoms with Crippen molar-refractivity contribution in [3.8, 4) is 5.75 Å². The highest BCUT2D eigenvalue weighted by Gasteiger charge is 2.39. The first-order valence-corrected chi connectivity index (χ1v) is 6.32. The SMILES string of the molecule is CCOc1ccccc1CN1CC(O)(CC)C1. The second kappa shape index (κ2) is 5.07. The molecule has 0 saturated carbocycles. The molecule has 1 N–H and O–H groups in total. The summed E-state index contributed by atoms with van der Waals surface area (Å²) in [6.45, 7) is 7.12. The van der Waals surface area contributed by atoms with Gasteiger partial charge in [-0.15, -0.1) is 0 Å². The van der Waals surface area contributed by atoms with Gasteiger partial charge in [-0.3, -0.25) is 4.90 Å². The second-order valence-electron chi connectivity index (χ2n) is 4.76. The summed E-state index contributed by atoms with van der Waals surface area (Å²) in [6, 6.07) is 8.12. The molecule has 3 nitrogen and oxygen atoms in total. The van der Waals surface area contributed by atoms with Gasteiger partial charge in [0.25, 0.3) is 0 Å². The Morgan fingerprint density at radius 3 is 2.65 bits per heavy atom. The summed E-state index contributed by atoms with van der Waals surface area (Å²) >= 11 is 0. The highest BCUT2D eigenvalue weighted by molar-refractivity contribution is 5.33. The van der Waals surface area contributed by atoms with Crippen molar-refractivity contribution in [2.75, 3.05) is 19.7 Å². The minimum atomic E-state index is -0.458. The van der Waals surface area contributed by atoms with E-state index >= 15 is 0 Å². The number of hydrogen-bond acceptors (Lipinski definition) is 3.